The van der Waals surface area contributed by atoms with E-state index in [1.807, 2.05) is 24.3 Å². The van der Waals surface area contributed by atoms with Gasteiger partial charge >= 0.3 is 0 Å². The van der Waals surface area contributed by atoms with Crippen LogP contribution in [0.4, 0.5) is 0 Å². The largest absolute Gasteiger partial charge is 0.312 e. The molecular formula is C10H11BrClNO. The third-order valence-corrected chi connectivity index (χ3v) is 2.40. The highest BCUT2D eigenvalue weighted by molar-refractivity contribution is 9.10. The van der Waals surface area contributed by atoms with Crippen LogP contribution in [0.1, 0.15) is 12.0 Å². The Hall–Kier alpha value is -0.380. The monoisotopic (exact) mass is 275 g/mol. The maximum Gasteiger partial charge on any atom is 0.222 e. The number of hydrogen-bond donors (Lipinski definition) is 1. The average Bonchev–Trinajstić information content (AvgIpc) is 2.12. The van der Waals surface area contributed by atoms with Crippen LogP contribution in [0.2, 0.25) is 0 Å². The first-order chi connectivity index (χ1) is 6.68. The van der Waals surface area contributed by atoms with E-state index in [0.29, 0.717) is 13.0 Å². The highest BCUT2D eigenvalue weighted by Crippen LogP contribution is 2.11. The molecule has 0 heterocycles. The summed E-state index contributed by atoms with van der Waals surface area (Å²) < 4.78 is 1.06. The van der Waals surface area contributed by atoms with Crippen molar-refractivity contribution in [3.63, 3.8) is 0 Å². The van der Waals surface area contributed by atoms with Crippen molar-refractivity contribution in [3.8, 4) is 0 Å². The minimum atomic E-state index is -0.299. The van der Waals surface area contributed by atoms with Crippen LogP contribution in [-0.2, 0) is 11.3 Å². The summed E-state index contributed by atoms with van der Waals surface area (Å²) in [6, 6.07) is 8.02. The van der Waals surface area contributed by atoms with Gasteiger partial charge in [-0.2, -0.15) is 0 Å². The molecule has 0 aliphatic rings. The maximum absolute atomic E-state index is 10.4. The number of nitrogens with one attached hydrogen (secondary N) is 1. The number of carbonyl (C=O) groups is 1. The lowest BCUT2D eigenvalue weighted by Crippen LogP contribution is -2.16. The van der Waals surface area contributed by atoms with Crippen molar-refractivity contribution >= 4 is 32.8 Å². The quantitative estimate of drug-likeness (QED) is 0.662. The lowest BCUT2D eigenvalue weighted by molar-refractivity contribution is -0.111. The minimum absolute atomic E-state index is 0.299. The van der Waals surface area contributed by atoms with Crippen molar-refractivity contribution in [2.24, 2.45) is 0 Å². The second-order valence-electron chi connectivity index (χ2n) is 2.91. The van der Waals surface area contributed by atoms with Gasteiger partial charge in [-0.1, -0.05) is 28.1 Å². The van der Waals surface area contributed by atoms with E-state index in [9.17, 15) is 4.79 Å². The highest BCUT2D eigenvalue weighted by atomic mass is 79.9. The van der Waals surface area contributed by atoms with Crippen LogP contribution < -0.4 is 5.32 Å². The molecule has 0 atom stereocenters. The first-order valence-corrected chi connectivity index (χ1v) is 5.49. The number of rotatable bonds is 5. The third kappa shape index (κ3) is 4.74. The molecule has 0 saturated heterocycles. The van der Waals surface area contributed by atoms with Crippen molar-refractivity contribution in [2.45, 2.75) is 13.0 Å². The molecule has 0 unspecified atom stereocenters. The normalized spacial score (nSPS) is 10.1. The van der Waals surface area contributed by atoms with Crippen molar-refractivity contribution in [1.82, 2.24) is 5.32 Å². The predicted molar refractivity (Wildman–Crippen MR) is 61.3 cm³/mol. The standard InChI is InChI=1S/C10H11BrClNO/c11-9-3-1-2-8(6-9)7-13-5-4-10(12)14/h1-3,6,13H,4-5,7H2. The Bertz CT molecular complexity index is 317. The molecule has 1 rings (SSSR count). The summed E-state index contributed by atoms with van der Waals surface area (Å²) in [5.74, 6) is 0. The maximum atomic E-state index is 10.4. The van der Waals surface area contributed by atoms with Gasteiger partial charge in [-0.15, -0.1) is 0 Å². The summed E-state index contributed by atoms with van der Waals surface area (Å²) in [5.41, 5.74) is 1.18. The molecular weight excluding hydrogens is 265 g/mol. The summed E-state index contributed by atoms with van der Waals surface area (Å²) in [6.45, 7) is 1.37. The smallest absolute Gasteiger partial charge is 0.222 e. The first-order valence-electron chi connectivity index (χ1n) is 4.32. The molecule has 0 saturated carbocycles. The van der Waals surface area contributed by atoms with E-state index in [1.54, 1.807) is 0 Å². The van der Waals surface area contributed by atoms with Gasteiger partial charge in [0.15, 0.2) is 0 Å². The van der Waals surface area contributed by atoms with Gasteiger partial charge in [0.25, 0.3) is 0 Å². The van der Waals surface area contributed by atoms with Crippen LogP contribution in [0.15, 0.2) is 28.7 Å². The Balaban J connectivity index is 2.28. The Morgan fingerprint density at radius 1 is 1.50 bits per heavy atom. The van der Waals surface area contributed by atoms with Gasteiger partial charge in [-0.3, -0.25) is 4.79 Å². The first kappa shape index (κ1) is 11.7. The molecule has 2 nitrogen and oxygen atoms in total. The third-order valence-electron chi connectivity index (χ3n) is 1.72. The molecule has 14 heavy (non-hydrogen) atoms. The number of benzene rings is 1. The molecule has 1 aromatic carbocycles. The fourth-order valence-electron chi connectivity index (χ4n) is 1.07. The van der Waals surface area contributed by atoms with E-state index in [1.165, 1.54) is 5.56 Å². The summed E-state index contributed by atoms with van der Waals surface area (Å²) >= 11 is 8.59. The van der Waals surface area contributed by atoms with Gasteiger partial charge in [0.05, 0.1) is 0 Å². The van der Waals surface area contributed by atoms with Gasteiger partial charge in [0, 0.05) is 24.0 Å². The van der Waals surface area contributed by atoms with Gasteiger partial charge in [-0.25, -0.2) is 0 Å². The van der Waals surface area contributed by atoms with Crippen LogP contribution in [0.25, 0.3) is 0 Å². The van der Waals surface area contributed by atoms with Gasteiger partial charge < -0.3 is 5.32 Å². The summed E-state index contributed by atoms with van der Waals surface area (Å²) in [5, 5.41) is 2.83. The van der Waals surface area contributed by atoms with Gasteiger partial charge in [0.1, 0.15) is 0 Å². The summed E-state index contributed by atoms with van der Waals surface area (Å²) in [7, 11) is 0. The highest BCUT2D eigenvalue weighted by Gasteiger charge is 1.96. The number of hydrogen-bond acceptors (Lipinski definition) is 2. The van der Waals surface area contributed by atoms with Crippen LogP contribution in [0, 0.1) is 0 Å². The zero-order chi connectivity index (χ0) is 10.4. The summed E-state index contributed by atoms with van der Waals surface area (Å²) in [4.78, 5) is 10.4. The van der Waals surface area contributed by atoms with Crippen molar-refractivity contribution in [3.05, 3.63) is 34.3 Å². The minimum Gasteiger partial charge on any atom is -0.312 e. The molecule has 0 aromatic heterocycles. The lowest BCUT2D eigenvalue weighted by atomic mass is 10.2. The number of carbonyl (C=O) groups excluding carboxylic acids is 1. The van der Waals surface area contributed by atoms with Crippen LogP contribution in [-0.4, -0.2) is 11.8 Å². The topological polar surface area (TPSA) is 29.1 Å². The zero-order valence-corrected chi connectivity index (χ0v) is 9.94. The molecule has 76 valence electrons. The van der Waals surface area contributed by atoms with E-state index in [4.69, 9.17) is 11.6 Å². The average molecular weight is 277 g/mol. The fourth-order valence-corrected chi connectivity index (χ4v) is 1.61. The van der Waals surface area contributed by atoms with E-state index in [-0.39, 0.29) is 5.24 Å². The van der Waals surface area contributed by atoms with Crippen LogP contribution >= 0.6 is 27.5 Å². The Labute approximate surface area is 96.8 Å². The Morgan fingerprint density at radius 3 is 2.93 bits per heavy atom. The second kappa shape index (κ2) is 6.17. The molecule has 0 aliphatic carbocycles. The molecule has 0 radical (unpaired) electrons. The molecule has 1 N–H and O–H groups in total. The van der Waals surface area contributed by atoms with E-state index in [0.717, 1.165) is 11.0 Å². The lowest BCUT2D eigenvalue weighted by Gasteiger charge is -2.03. The molecule has 0 aliphatic heterocycles. The van der Waals surface area contributed by atoms with Crippen molar-refractivity contribution < 1.29 is 4.79 Å². The summed E-state index contributed by atoms with van der Waals surface area (Å²) in [6.07, 6.45) is 0.371. The fraction of sp³-hybridized carbons (Fsp3) is 0.300. The van der Waals surface area contributed by atoms with Crippen LogP contribution in [0.3, 0.4) is 0 Å². The van der Waals surface area contributed by atoms with Gasteiger partial charge in [0.2, 0.25) is 5.24 Å². The van der Waals surface area contributed by atoms with E-state index in [2.05, 4.69) is 21.2 Å². The zero-order valence-electron chi connectivity index (χ0n) is 7.59. The predicted octanol–water partition coefficient (Wildman–Crippen LogP) is 2.69. The molecule has 0 fully saturated rings. The van der Waals surface area contributed by atoms with Crippen molar-refractivity contribution in [2.75, 3.05) is 6.54 Å². The molecule has 0 amide bonds. The second-order valence-corrected chi connectivity index (χ2v) is 4.25. The Kier molecular flexibility index (Phi) is 5.15. The van der Waals surface area contributed by atoms with E-state index >= 15 is 0 Å². The SMILES string of the molecule is O=C(Cl)CCNCc1cccc(Br)c1. The number of halogens is 2. The van der Waals surface area contributed by atoms with Crippen LogP contribution in [0.5, 0.6) is 0 Å². The van der Waals surface area contributed by atoms with Gasteiger partial charge in [-0.05, 0) is 29.3 Å². The molecule has 1 aromatic rings. The van der Waals surface area contributed by atoms with E-state index < -0.39 is 0 Å². The molecule has 4 heteroatoms. The van der Waals surface area contributed by atoms with Crippen molar-refractivity contribution in [1.29, 1.82) is 0 Å². The Morgan fingerprint density at radius 2 is 2.29 bits per heavy atom. The molecule has 0 bridgehead atoms. The molecule has 0 spiro atoms.